The highest BCUT2D eigenvalue weighted by Gasteiger charge is 2.14. The fourth-order valence-electron chi connectivity index (χ4n) is 3.65. The number of aliphatic hydroxyl groups excluding tert-OH is 1. The highest BCUT2D eigenvalue weighted by atomic mass is 16.5. The summed E-state index contributed by atoms with van der Waals surface area (Å²) in [5.41, 5.74) is 3.05. The van der Waals surface area contributed by atoms with Crippen molar-refractivity contribution < 1.29 is 29.2 Å². The molecule has 6 nitrogen and oxygen atoms in total. The Morgan fingerprint density at radius 2 is 1.46 bits per heavy atom. The first-order valence-corrected chi connectivity index (χ1v) is 11.8. The van der Waals surface area contributed by atoms with Crippen LogP contribution in [-0.4, -0.2) is 16.2 Å². The van der Waals surface area contributed by atoms with Gasteiger partial charge in [0.25, 0.3) is 0 Å². The van der Waals surface area contributed by atoms with Gasteiger partial charge in [-0.1, -0.05) is 72.8 Å². The van der Waals surface area contributed by atoms with E-state index in [0.29, 0.717) is 35.0 Å². The van der Waals surface area contributed by atoms with Crippen molar-refractivity contribution in [2.24, 2.45) is 0 Å². The van der Waals surface area contributed by atoms with Crippen molar-refractivity contribution in [1.29, 1.82) is 0 Å². The van der Waals surface area contributed by atoms with Gasteiger partial charge in [0.15, 0.2) is 0 Å². The summed E-state index contributed by atoms with van der Waals surface area (Å²) in [5.74, 6) is 0.795. The zero-order valence-corrected chi connectivity index (χ0v) is 20.4. The standard InChI is InChI=1S/C31H28O6/c1-22(32)37-30-19-27(35-20-23-8-4-2-5-9-23)15-12-25(30)13-17-29(34)28-16-14-26(33)18-31(28)36-21-24-10-6-3-7-11-24/h2-19,29,33-34H,20-21H2,1H3. The lowest BCUT2D eigenvalue weighted by Gasteiger charge is -2.15. The summed E-state index contributed by atoms with van der Waals surface area (Å²) >= 11 is 0. The van der Waals surface area contributed by atoms with Crippen LogP contribution in [0.2, 0.25) is 0 Å². The van der Waals surface area contributed by atoms with Gasteiger partial charge in [0.05, 0.1) is 0 Å². The molecule has 0 heterocycles. The number of rotatable bonds is 10. The lowest BCUT2D eigenvalue weighted by Crippen LogP contribution is -2.04. The minimum atomic E-state index is -1.04. The van der Waals surface area contributed by atoms with Crippen LogP contribution in [0.4, 0.5) is 0 Å². The number of benzene rings is 4. The van der Waals surface area contributed by atoms with Gasteiger partial charge in [0.2, 0.25) is 0 Å². The molecule has 1 unspecified atom stereocenters. The number of hydrogen-bond donors (Lipinski definition) is 2. The zero-order valence-electron chi connectivity index (χ0n) is 20.4. The van der Waals surface area contributed by atoms with Gasteiger partial charge in [0, 0.05) is 30.2 Å². The highest BCUT2D eigenvalue weighted by molar-refractivity contribution is 5.72. The van der Waals surface area contributed by atoms with Crippen molar-refractivity contribution in [3.8, 4) is 23.0 Å². The largest absolute Gasteiger partial charge is 0.508 e. The van der Waals surface area contributed by atoms with Crippen LogP contribution >= 0.6 is 0 Å². The van der Waals surface area contributed by atoms with Crippen molar-refractivity contribution in [3.63, 3.8) is 0 Å². The number of ether oxygens (including phenoxy) is 3. The summed E-state index contributed by atoms with van der Waals surface area (Å²) < 4.78 is 17.1. The number of carbonyl (C=O) groups is 1. The molecule has 0 aliphatic heterocycles. The second-order valence-corrected chi connectivity index (χ2v) is 8.37. The van der Waals surface area contributed by atoms with Crippen LogP contribution in [0.25, 0.3) is 6.08 Å². The Balaban J connectivity index is 1.51. The third kappa shape index (κ3) is 7.46. The first-order valence-electron chi connectivity index (χ1n) is 11.8. The van der Waals surface area contributed by atoms with Gasteiger partial charge in [-0.3, -0.25) is 4.79 Å². The van der Waals surface area contributed by atoms with Crippen LogP contribution in [0.1, 0.15) is 35.3 Å². The first kappa shape index (κ1) is 25.5. The van der Waals surface area contributed by atoms with Crippen LogP contribution in [0, 0.1) is 0 Å². The number of esters is 1. The van der Waals surface area contributed by atoms with Gasteiger partial charge in [0.1, 0.15) is 42.3 Å². The maximum absolute atomic E-state index is 11.7. The van der Waals surface area contributed by atoms with Gasteiger partial charge in [-0.2, -0.15) is 0 Å². The molecule has 0 aliphatic rings. The van der Waals surface area contributed by atoms with E-state index in [1.807, 2.05) is 60.7 Å². The van der Waals surface area contributed by atoms with Gasteiger partial charge in [-0.25, -0.2) is 0 Å². The molecule has 0 spiro atoms. The molecular formula is C31H28O6. The molecule has 188 valence electrons. The summed E-state index contributed by atoms with van der Waals surface area (Å²) in [7, 11) is 0. The fourth-order valence-corrected chi connectivity index (χ4v) is 3.65. The molecule has 37 heavy (non-hydrogen) atoms. The van der Waals surface area contributed by atoms with E-state index in [0.717, 1.165) is 11.1 Å². The van der Waals surface area contributed by atoms with Crippen molar-refractivity contribution in [2.75, 3.05) is 0 Å². The molecule has 4 aromatic rings. The van der Waals surface area contributed by atoms with Crippen molar-refractivity contribution in [3.05, 3.63) is 125 Å². The van der Waals surface area contributed by atoms with Crippen LogP contribution in [0.15, 0.2) is 103 Å². The summed E-state index contributed by atoms with van der Waals surface area (Å²) in [5, 5.41) is 20.9. The fraction of sp³-hybridized carbons (Fsp3) is 0.129. The van der Waals surface area contributed by atoms with Crippen LogP contribution in [0.5, 0.6) is 23.0 Å². The summed E-state index contributed by atoms with van der Waals surface area (Å²) in [4.78, 5) is 11.7. The Kier molecular flexibility index (Phi) is 8.57. The molecule has 0 aliphatic carbocycles. The van der Waals surface area contributed by atoms with Gasteiger partial charge in [-0.15, -0.1) is 0 Å². The third-order valence-electron chi connectivity index (χ3n) is 5.50. The van der Waals surface area contributed by atoms with Crippen molar-refractivity contribution in [1.82, 2.24) is 0 Å². The number of aromatic hydroxyl groups is 1. The Morgan fingerprint density at radius 3 is 2.11 bits per heavy atom. The molecule has 0 amide bonds. The van der Waals surface area contributed by atoms with E-state index in [2.05, 4.69) is 0 Å². The molecule has 0 saturated heterocycles. The second-order valence-electron chi connectivity index (χ2n) is 8.37. The van der Waals surface area contributed by atoms with Gasteiger partial charge >= 0.3 is 5.97 Å². The topological polar surface area (TPSA) is 85.2 Å². The Bertz CT molecular complexity index is 1350. The smallest absolute Gasteiger partial charge is 0.308 e. The van der Waals surface area contributed by atoms with E-state index >= 15 is 0 Å². The first-order chi connectivity index (χ1) is 18.0. The number of phenols is 1. The predicted molar refractivity (Wildman–Crippen MR) is 141 cm³/mol. The minimum Gasteiger partial charge on any atom is -0.508 e. The third-order valence-corrected chi connectivity index (χ3v) is 5.50. The molecule has 6 heteroatoms. The molecule has 0 bridgehead atoms. The van der Waals surface area contributed by atoms with Gasteiger partial charge < -0.3 is 24.4 Å². The summed E-state index contributed by atoms with van der Waals surface area (Å²) in [6.07, 6.45) is 2.19. The molecule has 2 N–H and O–H groups in total. The maximum Gasteiger partial charge on any atom is 0.308 e. The van der Waals surface area contributed by atoms with Crippen LogP contribution in [0.3, 0.4) is 0 Å². The Labute approximate surface area is 216 Å². The van der Waals surface area contributed by atoms with E-state index in [1.54, 1.807) is 36.4 Å². The lowest BCUT2D eigenvalue weighted by molar-refractivity contribution is -0.131. The average Bonchev–Trinajstić information content (AvgIpc) is 2.91. The second kappa shape index (κ2) is 12.4. The number of carbonyl (C=O) groups excluding carboxylic acids is 1. The maximum atomic E-state index is 11.7. The van der Waals surface area contributed by atoms with Crippen LogP contribution in [-0.2, 0) is 18.0 Å². The Morgan fingerprint density at radius 1 is 0.811 bits per heavy atom. The molecule has 4 rings (SSSR count). The summed E-state index contributed by atoms with van der Waals surface area (Å²) in [6.45, 7) is 1.99. The minimum absolute atomic E-state index is 0.0335. The molecule has 0 fully saturated rings. The van der Waals surface area contributed by atoms with E-state index < -0.39 is 12.1 Å². The average molecular weight is 497 g/mol. The van der Waals surface area contributed by atoms with Gasteiger partial charge in [-0.05, 0) is 35.4 Å². The predicted octanol–water partition coefficient (Wildman–Crippen LogP) is 6.22. The van der Waals surface area contributed by atoms with Crippen molar-refractivity contribution >= 4 is 12.0 Å². The summed E-state index contributed by atoms with van der Waals surface area (Å²) in [6, 6.07) is 29.1. The molecule has 0 saturated carbocycles. The number of phenolic OH excluding ortho intramolecular Hbond substituents is 1. The van der Waals surface area contributed by atoms with E-state index in [9.17, 15) is 15.0 Å². The lowest BCUT2D eigenvalue weighted by atomic mass is 10.1. The van der Waals surface area contributed by atoms with E-state index in [4.69, 9.17) is 14.2 Å². The highest BCUT2D eigenvalue weighted by Crippen LogP contribution is 2.32. The molecular weight excluding hydrogens is 468 g/mol. The number of hydrogen-bond acceptors (Lipinski definition) is 6. The molecule has 1 atom stereocenters. The van der Waals surface area contributed by atoms with E-state index in [-0.39, 0.29) is 12.4 Å². The molecule has 0 radical (unpaired) electrons. The number of aliphatic hydroxyl groups is 1. The normalized spacial score (nSPS) is 11.7. The monoisotopic (exact) mass is 496 g/mol. The molecule has 0 aromatic heterocycles. The Hall–Kier alpha value is -4.55. The quantitative estimate of drug-likeness (QED) is 0.200. The van der Waals surface area contributed by atoms with Crippen molar-refractivity contribution in [2.45, 2.75) is 26.2 Å². The van der Waals surface area contributed by atoms with E-state index in [1.165, 1.54) is 19.1 Å². The SMILES string of the molecule is CC(=O)Oc1cc(OCc2ccccc2)ccc1C=CC(O)c1ccc(O)cc1OCc1ccccc1. The zero-order chi connectivity index (χ0) is 26.0. The molecule has 4 aromatic carbocycles. The van der Waals surface area contributed by atoms with Crippen LogP contribution < -0.4 is 14.2 Å².